The number of carboxylic acid groups (broad SMARTS) is 1. The number of hydrogen-bond acceptors (Lipinski definition) is 7. The molecule has 1 unspecified atom stereocenters. The molecule has 0 aliphatic carbocycles. The van der Waals surface area contributed by atoms with E-state index < -0.39 is 40.3 Å². The number of phenols is 2. The zero-order chi connectivity index (χ0) is 19.6. The zero-order valence-corrected chi connectivity index (χ0v) is 14.1. The number of benzene rings is 2. The highest BCUT2D eigenvalue weighted by Gasteiger charge is 2.25. The van der Waals surface area contributed by atoms with Crippen LogP contribution in [0.2, 0.25) is 0 Å². The number of nitrogens with one attached hydrogen (secondary N) is 1. The topological polar surface area (TPSA) is 133 Å². The lowest BCUT2D eigenvalue weighted by molar-refractivity contribution is 0.0343. The van der Waals surface area contributed by atoms with Crippen LogP contribution in [0.15, 0.2) is 36.4 Å². The third-order valence-electron chi connectivity index (χ3n) is 4.27. The van der Waals surface area contributed by atoms with E-state index in [0.29, 0.717) is 13.0 Å². The van der Waals surface area contributed by atoms with Gasteiger partial charge in [0.1, 0.15) is 17.6 Å². The summed E-state index contributed by atoms with van der Waals surface area (Å²) in [4.78, 5) is 36.1. The normalized spacial score (nSPS) is 16.1. The van der Waals surface area contributed by atoms with Crippen LogP contribution in [0.4, 0.5) is 0 Å². The number of aromatic carboxylic acids is 1. The Bertz CT molecular complexity index is 916. The third kappa shape index (κ3) is 3.75. The number of carboxylic acids is 1. The van der Waals surface area contributed by atoms with Crippen LogP contribution in [0.25, 0.3) is 0 Å². The second kappa shape index (κ2) is 7.46. The Morgan fingerprint density at radius 1 is 1.04 bits per heavy atom. The van der Waals surface area contributed by atoms with Gasteiger partial charge in [-0.1, -0.05) is 6.07 Å². The fourth-order valence-electron chi connectivity index (χ4n) is 2.89. The molecule has 1 saturated heterocycles. The maximum atomic E-state index is 12.7. The van der Waals surface area contributed by atoms with Crippen molar-refractivity contribution in [3.63, 3.8) is 0 Å². The van der Waals surface area contributed by atoms with Gasteiger partial charge in [-0.2, -0.15) is 0 Å². The second-order valence-corrected chi connectivity index (χ2v) is 6.09. The fourth-order valence-corrected chi connectivity index (χ4v) is 2.89. The van der Waals surface area contributed by atoms with Crippen molar-refractivity contribution in [2.24, 2.45) is 0 Å². The van der Waals surface area contributed by atoms with E-state index in [1.165, 1.54) is 30.3 Å². The van der Waals surface area contributed by atoms with Gasteiger partial charge in [0.05, 0.1) is 22.3 Å². The smallest absolute Gasteiger partial charge is 0.338 e. The number of carbonyl (C=O) groups excluding carboxylic acids is 2. The maximum Gasteiger partial charge on any atom is 0.338 e. The summed E-state index contributed by atoms with van der Waals surface area (Å²) >= 11 is 0. The van der Waals surface area contributed by atoms with Crippen molar-refractivity contribution < 1.29 is 34.4 Å². The Labute approximate surface area is 154 Å². The lowest BCUT2D eigenvalue weighted by Crippen LogP contribution is -2.21. The van der Waals surface area contributed by atoms with Gasteiger partial charge in [-0.25, -0.2) is 9.59 Å². The van der Waals surface area contributed by atoms with Crippen LogP contribution in [0.3, 0.4) is 0 Å². The van der Waals surface area contributed by atoms with Crippen molar-refractivity contribution in [1.82, 2.24) is 5.32 Å². The zero-order valence-electron chi connectivity index (χ0n) is 14.1. The minimum Gasteiger partial charge on any atom is -0.507 e. The first-order chi connectivity index (χ1) is 12.9. The molecule has 1 aliphatic heterocycles. The monoisotopic (exact) mass is 371 g/mol. The highest BCUT2D eigenvalue weighted by molar-refractivity contribution is 6.17. The molecular weight excluding hydrogens is 354 g/mol. The lowest BCUT2D eigenvalue weighted by atomic mass is 9.96. The number of esters is 1. The van der Waals surface area contributed by atoms with Crippen LogP contribution in [0, 0.1) is 0 Å². The first kappa shape index (κ1) is 18.4. The molecule has 27 heavy (non-hydrogen) atoms. The van der Waals surface area contributed by atoms with Crippen molar-refractivity contribution in [1.29, 1.82) is 0 Å². The highest BCUT2D eigenvalue weighted by Crippen LogP contribution is 2.29. The van der Waals surface area contributed by atoms with E-state index in [4.69, 9.17) is 4.74 Å². The summed E-state index contributed by atoms with van der Waals surface area (Å²) in [7, 11) is 0. The van der Waals surface area contributed by atoms with Crippen LogP contribution < -0.4 is 5.32 Å². The maximum absolute atomic E-state index is 12.7. The standard InChI is InChI=1S/C19H17NO7/c21-14-3-1-2-13(18(24)25)16(14)17(23)12-5-4-10(8-15(12)22)19(26)27-11-6-7-20-9-11/h1-5,8,11,20-22H,6-7,9H2,(H,24,25). The second-order valence-electron chi connectivity index (χ2n) is 6.09. The van der Waals surface area contributed by atoms with Crippen molar-refractivity contribution >= 4 is 17.7 Å². The quantitative estimate of drug-likeness (QED) is 0.459. The molecule has 3 rings (SSSR count). The van der Waals surface area contributed by atoms with E-state index in [-0.39, 0.29) is 17.2 Å². The molecular formula is C19H17NO7. The van der Waals surface area contributed by atoms with Gasteiger partial charge in [-0.05, 0) is 43.3 Å². The molecule has 4 N–H and O–H groups in total. The molecule has 0 radical (unpaired) electrons. The SMILES string of the molecule is O=C(OC1CCNC1)c1ccc(C(=O)c2c(O)cccc2C(=O)O)c(O)c1. The summed E-state index contributed by atoms with van der Waals surface area (Å²) in [5.41, 5.74) is -1.01. The van der Waals surface area contributed by atoms with E-state index in [2.05, 4.69) is 5.32 Å². The van der Waals surface area contributed by atoms with Crippen LogP contribution in [0.5, 0.6) is 11.5 Å². The van der Waals surface area contributed by atoms with Gasteiger partial charge in [0.15, 0.2) is 0 Å². The van der Waals surface area contributed by atoms with Gasteiger partial charge >= 0.3 is 11.9 Å². The summed E-state index contributed by atoms with van der Waals surface area (Å²) in [5, 5.41) is 32.4. The minimum absolute atomic E-state index is 0.0618. The van der Waals surface area contributed by atoms with E-state index in [1.54, 1.807) is 0 Å². The molecule has 0 spiro atoms. The molecule has 8 nitrogen and oxygen atoms in total. The number of ketones is 1. The van der Waals surface area contributed by atoms with E-state index in [1.807, 2.05) is 0 Å². The summed E-state index contributed by atoms with van der Waals surface area (Å²) in [6, 6.07) is 7.23. The lowest BCUT2D eigenvalue weighted by Gasteiger charge is -2.12. The first-order valence-corrected chi connectivity index (χ1v) is 8.23. The van der Waals surface area contributed by atoms with E-state index >= 15 is 0 Å². The molecule has 1 heterocycles. The molecule has 1 atom stereocenters. The summed E-state index contributed by atoms with van der Waals surface area (Å²) < 4.78 is 5.29. The Morgan fingerprint density at radius 2 is 1.81 bits per heavy atom. The van der Waals surface area contributed by atoms with Crippen molar-refractivity contribution in [2.75, 3.05) is 13.1 Å². The van der Waals surface area contributed by atoms with Crippen LogP contribution >= 0.6 is 0 Å². The van der Waals surface area contributed by atoms with E-state index in [0.717, 1.165) is 12.6 Å². The molecule has 0 aromatic heterocycles. The predicted octanol–water partition coefficient (Wildman–Crippen LogP) is 1.55. The summed E-state index contributed by atoms with van der Waals surface area (Å²) in [5.74, 6) is -3.93. The number of ether oxygens (including phenoxy) is 1. The van der Waals surface area contributed by atoms with Gasteiger partial charge in [0.25, 0.3) is 0 Å². The highest BCUT2D eigenvalue weighted by atomic mass is 16.5. The molecule has 0 amide bonds. The van der Waals surface area contributed by atoms with Gasteiger partial charge in [-0.3, -0.25) is 4.79 Å². The first-order valence-electron chi connectivity index (χ1n) is 8.23. The third-order valence-corrected chi connectivity index (χ3v) is 4.27. The largest absolute Gasteiger partial charge is 0.507 e. The van der Waals surface area contributed by atoms with Gasteiger partial charge in [-0.15, -0.1) is 0 Å². The molecule has 8 heteroatoms. The van der Waals surface area contributed by atoms with Crippen LogP contribution in [-0.2, 0) is 4.74 Å². The number of carbonyl (C=O) groups is 3. The molecule has 2 aromatic carbocycles. The fraction of sp³-hybridized carbons (Fsp3) is 0.211. The summed E-state index contributed by atoms with van der Waals surface area (Å²) in [6.07, 6.45) is 0.444. The average molecular weight is 371 g/mol. The number of hydrogen-bond donors (Lipinski definition) is 4. The van der Waals surface area contributed by atoms with Crippen molar-refractivity contribution in [3.8, 4) is 11.5 Å². The number of phenolic OH excluding ortho intramolecular Hbond substituents is 2. The van der Waals surface area contributed by atoms with Gasteiger partial charge < -0.3 is 25.4 Å². The molecule has 1 fully saturated rings. The van der Waals surface area contributed by atoms with Crippen LogP contribution in [0.1, 0.15) is 43.1 Å². The van der Waals surface area contributed by atoms with Gasteiger partial charge in [0.2, 0.25) is 5.78 Å². The average Bonchev–Trinajstić information content (AvgIpc) is 3.13. The van der Waals surface area contributed by atoms with Crippen LogP contribution in [-0.4, -0.2) is 52.2 Å². The molecule has 0 saturated carbocycles. The Kier molecular flexibility index (Phi) is 5.09. The number of rotatable bonds is 5. The Hall–Kier alpha value is -3.39. The molecule has 0 bridgehead atoms. The molecule has 1 aliphatic rings. The summed E-state index contributed by atoms with van der Waals surface area (Å²) in [6.45, 7) is 1.31. The molecule has 140 valence electrons. The van der Waals surface area contributed by atoms with Crippen molar-refractivity contribution in [2.45, 2.75) is 12.5 Å². The van der Waals surface area contributed by atoms with Crippen molar-refractivity contribution in [3.05, 3.63) is 58.7 Å². The van der Waals surface area contributed by atoms with Gasteiger partial charge in [0, 0.05) is 6.54 Å². The predicted molar refractivity (Wildman–Crippen MR) is 93.3 cm³/mol. The van der Waals surface area contributed by atoms with E-state index in [9.17, 15) is 29.7 Å². The number of aromatic hydroxyl groups is 2. The minimum atomic E-state index is -1.39. The Balaban J connectivity index is 1.89. The Morgan fingerprint density at radius 3 is 2.44 bits per heavy atom. The molecule has 2 aromatic rings.